The molecule has 0 aromatic heterocycles. The van der Waals surface area contributed by atoms with E-state index in [0.717, 1.165) is 29.2 Å². The van der Waals surface area contributed by atoms with E-state index in [0.29, 0.717) is 13.1 Å². The van der Waals surface area contributed by atoms with E-state index in [1.165, 1.54) is 0 Å². The quantitative estimate of drug-likeness (QED) is 0.698. The number of benzene rings is 2. The molecular weight excluding hydrogens is 402 g/mol. The molecule has 6 heteroatoms. The third kappa shape index (κ3) is 6.09. The summed E-state index contributed by atoms with van der Waals surface area (Å²) in [6.07, 6.45) is 1.71. The van der Waals surface area contributed by atoms with Crippen LogP contribution in [-0.2, 0) is 20.8 Å². The molecule has 1 aliphatic rings. The number of carbonyl (C=O) groups excluding carboxylic acids is 3. The highest BCUT2D eigenvalue weighted by molar-refractivity contribution is 5.90. The smallest absolute Gasteiger partial charge is 0.243 e. The summed E-state index contributed by atoms with van der Waals surface area (Å²) in [6.45, 7) is 8.99. The van der Waals surface area contributed by atoms with Gasteiger partial charge >= 0.3 is 0 Å². The second kappa shape index (κ2) is 10.6. The summed E-state index contributed by atoms with van der Waals surface area (Å²) in [5, 5.41) is 8.25. The highest BCUT2D eigenvalue weighted by Crippen LogP contribution is 2.17. The molecule has 1 unspecified atom stereocenters. The summed E-state index contributed by atoms with van der Waals surface area (Å²) >= 11 is 0. The van der Waals surface area contributed by atoms with Crippen LogP contribution >= 0.6 is 0 Å². The number of likely N-dealkylation sites (tertiary alicyclic amines) is 1. The van der Waals surface area contributed by atoms with Gasteiger partial charge in [0.1, 0.15) is 6.04 Å². The lowest BCUT2D eigenvalue weighted by atomic mass is 9.99. The van der Waals surface area contributed by atoms with E-state index in [1.807, 2.05) is 75.1 Å². The van der Waals surface area contributed by atoms with Gasteiger partial charge in [-0.2, -0.15) is 0 Å². The van der Waals surface area contributed by atoms with Crippen molar-refractivity contribution in [2.45, 2.75) is 59.0 Å². The van der Waals surface area contributed by atoms with Crippen LogP contribution < -0.4 is 10.6 Å². The van der Waals surface area contributed by atoms with Gasteiger partial charge in [0.15, 0.2) is 0 Å². The summed E-state index contributed by atoms with van der Waals surface area (Å²) in [5.41, 5.74) is 0.923. The van der Waals surface area contributed by atoms with E-state index in [2.05, 4.69) is 10.6 Å². The van der Waals surface area contributed by atoms with Crippen molar-refractivity contribution in [1.82, 2.24) is 15.5 Å². The second-order valence-corrected chi connectivity index (χ2v) is 9.41. The summed E-state index contributed by atoms with van der Waals surface area (Å²) in [4.78, 5) is 39.7. The topological polar surface area (TPSA) is 78.5 Å². The molecule has 0 saturated carbocycles. The van der Waals surface area contributed by atoms with Crippen LogP contribution in [0.4, 0.5) is 0 Å². The first-order chi connectivity index (χ1) is 15.2. The van der Waals surface area contributed by atoms with Crippen molar-refractivity contribution in [1.29, 1.82) is 0 Å². The number of fused-ring (bicyclic) bond motifs is 1. The van der Waals surface area contributed by atoms with Gasteiger partial charge in [-0.05, 0) is 35.1 Å². The summed E-state index contributed by atoms with van der Waals surface area (Å²) in [5.74, 6) is -0.190. The van der Waals surface area contributed by atoms with E-state index in [1.54, 1.807) is 0 Å². The van der Waals surface area contributed by atoms with Gasteiger partial charge in [-0.3, -0.25) is 14.4 Å². The van der Waals surface area contributed by atoms with Crippen LogP contribution in [0.3, 0.4) is 0 Å². The third-order valence-corrected chi connectivity index (χ3v) is 6.09. The molecule has 1 fully saturated rings. The van der Waals surface area contributed by atoms with Crippen molar-refractivity contribution >= 4 is 28.5 Å². The number of hydrogen-bond donors (Lipinski definition) is 2. The first-order valence-corrected chi connectivity index (χ1v) is 11.6. The van der Waals surface area contributed by atoms with Crippen molar-refractivity contribution in [3.63, 3.8) is 0 Å². The Labute approximate surface area is 190 Å². The second-order valence-electron chi connectivity index (χ2n) is 9.41. The molecule has 172 valence electrons. The molecule has 2 aromatic carbocycles. The fraction of sp³-hybridized carbons (Fsp3) is 0.500. The minimum atomic E-state index is -0.585. The normalized spacial score (nSPS) is 15.8. The lowest BCUT2D eigenvalue weighted by Crippen LogP contribution is -2.54. The molecule has 1 atom stereocenters. The van der Waals surface area contributed by atoms with Crippen LogP contribution in [0.15, 0.2) is 42.5 Å². The van der Waals surface area contributed by atoms with Gasteiger partial charge in [-0.1, -0.05) is 70.2 Å². The zero-order valence-corrected chi connectivity index (χ0v) is 19.6. The predicted octanol–water partition coefficient (Wildman–Crippen LogP) is 3.29. The van der Waals surface area contributed by atoms with Gasteiger partial charge in [-0.15, -0.1) is 0 Å². The van der Waals surface area contributed by atoms with Crippen LogP contribution in [0.1, 0.15) is 46.1 Å². The molecular formula is C26H35N3O3. The fourth-order valence-corrected chi connectivity index (χ4v) is 4.19. The molecule has 32 heavy (non-hydrogen) atoms. The fourth-order valence-electron chi connectivity index (χ4n) is 4.19. The largest absolute Gasteiger partial charge is 0.351 e. The maximum atomic E-state index is 12.9. The molecule has 0 aliphatic carbocycles. The Kier molecular flexibility index (Phi) is 7.89. The van der Waals surface area contributed by atoms with Crippen molar-refractivity contribution in [3.05, 3.63) is 48.0 Å². The Morgan fingerprint density at radius 2 is 1.62 bits per heavy atom. The summed E-state index contributed by atoms with van der Waals surface area (Å²) in [7, 11) is 0. The maximum Gasteiger partial charge on any atom is 0.243 e. The molecule has 1 saturated heterocycles. The van der Waals surface area contributed by atoms with Gasteiger partial charge in [-0.25, -0.2) is 0 Å². The van der Waals surface area contributed by atoms with Crippen molar-refractivity contribution in [3.8, 4) is 0 Å². The SMILES string of the molecule is CC(C)C(=O)N1CCC(NC(=O)C(NC(=O)Cc2ccc3ccccc3c2)C(C)C)CC1. The first-order valence-electron chi connectivity index (χ1n) is 11.6. The van der Waals surface area contributed by atoms with Gasteiger partial charge < -0.3 is 15.5 Å². The number of rotatable bonds is 7. The molecule has 2 aromatic rings. The Balaban J connectivity index is 1.54. The monoisotopic (exact) mass is 437 g/mol. The van der Waals surface area contributed by atoms with Crippen molar-refractivity contribution in [2.24, 2.45) is 11.8 Å². The van der Waals surface area contributed by atoms with Crippen LogP contribution in [-0.4, -0.2) is 47.8 Å². The molecule has 1 aliphatic heterocycles. The summed E-state index contributed by atoms with van der Waals surface area (Å²) in [6, 6.07) is 13.5. The molecule has 0 bridgehead atoms. The van der Waals surface area contributed by atoms with Gasteiger partial charge in [0.05, 0.1) is 6.42 Å². The van der Waals surface area contributed by atoms with Crippen molar-refractivity contribution in [2.75, 3.05) is 13.1 Å². The van der Waals surface area contributed by atoms with Crippen LogP contribution in [0, 0.1) is 11.8 Å². The molecule has 6 nitrogen and oxygen atoms in total. The molecule has 1 heterocycles. The van der Waals surface area contributed by atoms with Crippen molar-refractivity contribution < 1.29 is 14.4 Å². The average molecular weight is 438 g/mol. The molecule has 3 rings (SSSR count). The Morgan fingerprint density at radius 1 is 0.969 bits per heavy atom. The van der Waals surface area contributed by atoms with Gasteiger partial charge in [0.25, 0.3) is 0 Å². The first kappa shape index (κ1) is 23.8. The number of piperidine rings is 1. The number of amides is 3. The standard InChI is InChI=1S/C26H35N3O3/c1-17(2)24(25(31)27-22-11-13-29(14-12-22)26(32)18(3)4)28-23(30)16-19-9-10-20-7-5-6-8-21(20)15-19/h5-10,15,17-18,22,24H,11-14,16H2,1-4H3,(H,27,31)(H,28,30). The summed E-state index contributed by atoms with van der Waals surface area (Å²) < 4.78 is 0. The van der Waals surface area contributed by atoms with Crippen LogP contribution in [0.5, 0.6) is 0 Å². The highest BCUT2D eigenvalue weighted by atomic mass is 16.2. The van der Waals surface area contributed by atoms with E-state index >= 15 is 0 Å². The third-order valence-electron chi connectivity index (χ3n) is 6.09. The average Bonchev–Trinajstić information content (AvgIpc) is 2.77. The minimum absolute atomic E-state index is 0.00993. The zero-order valence-electron chi connectivity index (χ0n) is 19.6. The highest BCUT2D eigenvalue weighted by Gasteiger charge is 2.29. The number of hydrogen-bond acceptors (Lipinski definition) is 3. The number of nitrogens with zero attached hydrogens (tertiary/aromatic N) is 1. The van der Waals surface area contributed by atoms with Gasteiger partial charge in [0, 0.05) is 25.0 Å². The molecule has 0 spiro atoms. The number of nitrogens with one attached hydrogen (secondary N) is 2. The van der Waals surface area contributed by atoms with Crippen LogP contribution in [0.2, 0.25) is 0 Å². The Bertz CT molecular complexity index is 962. The maximum absolute atomic E-state index is 12.9. The molecule has 0 radical (unpaired) electrons. The molecule has 3 amide bonds. The van der Waals surface area contributed by atoms with Crippen LogP contribution in [0.25, 0.3) is 10.8 Å². The van der Waals surface area contributed by atoms with E-state index in [9.17, 15) is 14.4 Å². The number of carbonyl (C=O) groups is 3. The molecule has 2 N–H and O–H groups in total. The zero-order chi connectivity index (χ0) is 23.3. The Morgan fingerprint density at radius 3 is 2.25 bits per heavy atom. The van der Waals surface area contributed by atoms with E-state index < -0.39 is 6.04 Å². The predicted molar refractivity (Wildman–Crippen MR) is 127 cm³/mol. The minimum Gasteiger partial charge on any atom is -0.351 e. The lowest BCUT2D eigenvalue weighted by molar-refractivity contribution is -0.136. The van der Waals surface area contributed by atoms with E-state index in [4.69, 9.17) is 0 Å². The Hall–Kier alpha value is -2.89. The van der Waals surface area contributed by atoms with Gasteiger partial charge in [0.2, 0.25) is 17.7 Å². The van der Waals surface area contributed by atoms with E-state index in [-0.39, 0.29) is 42.0 Å². The lowest BCUT2D eigenvalue weighted by Gasteiger charge is -2.34.